The van der Waals surface area contributed by atoms with E-state index >= 15 is 0 Å². The monoisotopic (exact) mass is 680 g/mol. The molecule has 2 nitrogen and oxygen atoms in total. The topological polar surface area (TPSA) is 0 Å². The largest absolute Gasteiger partial charge is 1.00 e. The van der Waals surface area contributed by atoms with Crippen LogP contribution in [-0.4, -0.2) is 63.3 Å². The van der Waals surface area contributed by atoms with E-state index in [9.17, 15) is 0 Å². The Morgan fingerprint density at radius 2 is 0.500 bits per heavy atom. The molecule has 0 atom stereocenters. The van der Waals surface area contributed by atoms with Crippen LogP contribution in [0.1, 0.15) is 129 Å². The van der Waals surface area contributed by atoms with Crippen LogP contribution in [0.5, 0.6) is 0 Å². The smallest absolute Gasteiger partial charge is 0.0784 e. The fourth-order valence-electron chi connectivity index (χ4n) is 4.65. The Labute approximate surface area is 239 Å². The summed E-state index contributed by atoms with van der Waals surface area (Å²) in [4.78, 5) is 0. The van der Waals surface area contributed by atoms with E-state index in [1.807, 2.05) is 0 Å². The van der Waals surface area contributed by atoms with Crippen LogP contribution >= 0.6 is 0 Å². The van der Waals surface area contributed by atoms with Gasteiger partial charge in [0.05, 0.1) is 54.4 Å². The molecular formula is C28H62I2N2. The maximum Gasteiger partial charge on any atom is 0.0784 e. The van der Waals surface area contributed by atoms with E-state index in [0.717, 1.165) is 0 Å². The van der Waals surface area contributed by atoms with Gasteiger partial charge in [0.15, 0.2) is 0 Å². The van der Waals surface area contributed by atoms with Crippen molar-refractivity contribution >= 4 is 0 Å². The van der Waals surface area contributed by atoms with Gasteiger partial charge in [-0.1, -0.05) is 90.9 Å². The summed E-state index contributed by atoms with van der Waals surface area (Å²) < 4.78 is 2.45. The molecule has 0 aromatic rings. The Morgan fingerprint density at radius 3 is 0.750 bits per heavy atom. The minimum Gasteiger partial charge on any atom is -1.00 e. The highest BCUT2D eigenvalue weighted by Gasteiger charge is 2.17. The Bertz CT molecular complexity index is 325. The molecule has 198 valence electrons. The van der Waals surface area contributed by atoms with Gasteiger partial charge < -0.3 is 56.9 Å². The van der Waals surface area contributed by atoms with Crippen molar-refractivity contribution in [3.05, 3.63) is 0 Å². The van der Waals surface area contributed by atoms with Crippen LogP contribution in [0.15, 0.2) is 0 Å². The van der Waals surface area contributed by atoms with Crippen molar-refractivity contribution in [2.75, 3.05) is 54.4 Å². The molecule has 0 saturated heterocycles. The van der Waals surface area contributed by atoms with E-state index in [0.29, 0.717) is 0 Å². The highest BCUT2D eigenvalue weighted by molar-refractivity contribution is 4.49. The Balaban J connectivity index is -0.00000420. The standard InChI is InChI=1S/C28H62N2.2HI/c1-7-9-11-13-15-17-19-21-25-29(3,4)27-23-24-28-30(5,6)26-22-20-18-16-14-12-10-8-2;;/h7-28H2,1-6H3;2*1H/q+2;;/p-2. The van der Waals surface area contributed by atoms with Gasteiger partial charge in [-0.15, -0.1) is 0 Å². The lowest BCUT2D eigenvalue weighted by molar-refractivity contribution is -0.897. The van der Waals surface area contributed by atoms with E-state index in [2.05, 4.69) is 42.0 Å². The molecule has 0 aliphatic heterocycles. The molecule has 0 unspecified atom stereocenters. The molecule has 0 aliphatic rings. The third-order valence-corrected chi connectivity index (χ3v) is 7.01. The molecule has 0 fully saturated rings. The van der Waals surface area contributed by atoms with Crippen molar-refractivity contribution in [3.8, 4) is 0 Å². The van der Waals surface area contributed by atoms with E-state index in [1.54, 1.807) is 0 Å². The normalized spacial score (nSPS) is 11.8. The third kappa shape index (κ3) is 27.6. The molecular weight excluding hydrogens is 618 g/mol. The highest BCUT2D eigenvalue weighted by Crippen LogP contribution is 2.13. The first-order valence-electron chi connectivity index (χ1n) is 14.0. The molecule has 0 spiro atoms. The summed E-state index contributed by atoms with van der Waals surface area (Å²) in [5.74, 6) is 0. The molecule has 4 heteroatoms. The van der Waals surface area contributed by atoms with Gasteiger partial charge in [-0.25, -0.2) is 0 Å². The van der Waals surface area contributed by atoms with Crippen molar-refractivity contribution in [2.24, 2.45) is 0 Å². The van der Waals surface area contributed by atoms with Crippen molar-refractivity contribution in [1.82, 2.24) is 0 Å². The van der Waals surface area contributed by atoms with Crippen LogP contribution in [0, 0.1) is 0 Å². The minimum atomic E-state index is 0. The van der Waals surface area contributed by atoms with Gasteiger partial charge >= 0.3 is 0 Å². The van der Waals surface area contributed by atoms with Crippen molar-refractivity contribution < 1.29 is 56.9 Å². The maximum atomic E-state index is 2.45. The summed E-state index contributed by atoms with van der Waals surface area (Å²) in [6.07, 6.45) is 25.7. The lowest BCUT2D eigenvalue weighted by atomic mass is 10.1. The second kappa shape index (κ2) is 25.5. The summed E-state index contributed by atoms with van der Waals surface area (Å²) >= 11 is 0. The predicted octanol–water partition coefficient (Wildman–Crippen LogP) is 2.21. The Kier molecular flexibility index (Phi) is 30.2. The number of hydrogen-bond donors (Lipinski definition) is 0. The molecule has 0 N–H and O–H groups in total. The number of quaternary nitrogens is 2. The first kappa shape index (κ1) is 37.9. The predicted molar refractivity (Wildman–Crippen MR) is 138 cm³/mol. The van der Waals surface area contributed by atoms with Crippen molar-refractivity contribution in [3.63, 3.8) is 0 Å². The number of halogens is 2. The molecule has 0 amide bonds. The third-order valence-electron chi connectivity index (χ3n) is 7.01. The van der Waals surface area contributed by atoms with Crippen molar-refractivity contribution in [2.45, 2.75) is 129 Å². The zero-order valence-electron chi connectivity index (χ0n) is 23.2. The quantitative estimate of drug-likeness (QED) is 0.0884. The molecule has 0 heterocycles. The maximum absolute atomic E-state index is 2.45. The summed E-state index contributed by atoms with van der Waals surface area (Å²) in [7, 11) is 9.78. The summed E-state index contributed by atoms with van der Waals surface area (Å²) in [5, 5.41) is 0. The van der Waals surface area contributed by atoms with Gasteiger partial charge in [0.25, 0.3) is 0 Å². The molecule has 0 aromatic carbocycles. The number of nitrogens with zero attached hydrogens (tertiary/aromatic N) is 2. The fourth-order valence-corrected chi connectivity index (χ4v) is 4.65. The lowest BCUT2D eigenvalue weighted by Crippen LogP contribution is -3.00. The van der Waals surface area contributed by atoms with Gasteiger partial charge in [0.2, 0.25) is 0 Å². The zero-order valence-corrected chi connectivity index (χ0v) is 27.5. The molecule has 32 heavy (non-hydrogen) atoms. The van der Waals surface area contributed by atoms with Crippen molar-refractivity contribution in [1.29, 1.82) is 0 Å². The average molecular weight is 681 g/mol. The number of rotatable bonds is 23. The second-order valence-corrected chi connectivity index (χ2v) is 11.4. The molecule has 0 aromatic heterocycles. The molecule has 0 aliphatic carbocycles. The Hall–Kier alpha value is 1.38. The van der Waals surface area contributed by atoms with E-state index < -0.39 is 0 Å². The van der Waals surface area contributed by atoms with Crippen LogP contribution in [0.2, 0.25) is 0 Å². The van der Waals surface area contributed by atoms with Crippen LogP contribution in [0.4, 0.5) is 0 Å². The van der Waals surface area contributed by atoms with Crippen LogP contribution in [0.3, 0.4) is 0 Å². The molecule has 0 radical (unpaired) electrons. The first-order valence-corrected chi connectivity index (χ1v) is 14.0. The zero-order chi connectivity index (χ0) is 22.6. The highest BCUT2D eigenvalue weighted by atomic mass is 127. The number of unbranched alkanes of at least 4 members (excludes halogenated alkanes) is 15. The van der Waals surface area contributed by atoms with Crippen LogP contribution in [0.25, 0.3) is 0 Å². The van der Waals surface area contributed by atoms with Gasteiger partial charge in [-0.05, 0) is 25.7 Å². The van der Waals surface area contributed by atoms with Crippen LogP contribution in [-0.2, 0) is 0 Å². The van der Waals surface area contributed by atoms with E-state index in [-0.39, 0.29) is 48.0 Å². The first-order chi connectivity index (χ1) is 14.3. The summed E-state index contributed by atoms with van der Waals surface area (Å²) in [6, 6.07) is 0. The van der Waals surface area contributed by atoms with Gasteiger partial charge in [-0.2, -0.15) is 0 Å². The van der Waals surface area contributed by atoms with Gasteiger partial charge in [-0.3, -0.25) is 0 Å². The van der Waals surface area contributed by atoms with Gasteiger partial charge in [0.1, 0.15) is 0 Å². The minimum absolute atomic E-state index is 0. The Morgan fingerprint density at radius 1 is 0.312 bits per heavy atom. The van der Waals surface area contributed by atoms with Crippen LogP contribution < -0.4 is 48.0 Å². The molecule has 0 rings (SSSR count). The number of hydrogen-bond acceptors (Lipinski definition) is 0. The van der Waals surface area contributed by atoms with E-state index in [1.165, 1.54) is 151 Å². The SMILES string of the molecule is CCCCCCCCCC[N+](C)(C)CCCC[N+](C)(C)CCCCCCCCCC.[I-].[I-]. The fraction of sp³-hybridized carbons (Fsp3) is 1.00. The summed E-state index contributed by atoms with van der Waals surface area (Å²) in [6.45, 7) is 10.0. The second-order valence-electron chi connectivity index (χ2n) is 11.4. The van der Waals surface area contributed by atoms with E-state index in [4.69, 9.17) is 0 Å². The molecule has 0 saturated carbocycles. The molecule has 0 bridgehead atoms. The van der Waals surface area contributed by atoms with Gasteiger partial charge in [0, 0.05) is 12.8 Å². The summed E-state index contributed by atoms with van der Waals surface area (Å²) in [5.41, 5.74) is 0. The average Bonchev–Trinajstić information content (AvgIpc) is 2.69. The lowest BCUT2D eigenvalue weighted by Gasteiger charge is -2.32.